The first-order valence-electron chi connectivity index (χ1n) is 5.98. The van der Waals surface area contributed by atoms with E-state index in [2.05, 4.69) is 56.3 Å². The zero-order chi connectivity index (χ0) is 12.5. The van der Waals surface area contributed by atoms with Gasteiger partial charge in [0.2, 0.25) is 0 Å². The van der Waals surface area contributed by atoms with E-state index in [1.807, 2.05) is 0 Å². The maximum atomic E-state index is 11.3. The topological polar surface area (TPSA) is 17.1 Å². The van der Waals surface area contributed by atoms with Crippen molar-refractivity contribution in [2.24, 2.45) is 0 Å². The number of rotatable bonds is 3. The van der Waals surface area contributed by atoms with Crippen LogP contribution in [0.2, 0.25) is 0 Å². The summed E-state index contributed by atoms with van der Waals surface area (Å²) in [5.41, 5.74) is 3.61. The van der Waals surface area contributed by atoms with Gasteiger partial charge in [-0.05, 0) is 29.0 Å². The fourth-order valence-electron chi connectivity index (χ4n) is 2.34. The second kappa shape index (κ2) is 4.33. The summed E-state index contributed by atoms with van der Waals surface area (Å²) in [6.07, 6.45) is 0.585. The van der Waals surface area contributed by atoms with Gasteiger partial charge in [0, 0.05) is 6.42 Å². The molecule has 0 saturated carbocycles. The van der Waals surface area contributed by atoms with E-state index in [0.29, 0.717) is 6.42 Å². The third kappa shape index (κ3) is 2.55. The lowest BCUT2D eigenvalue weighted by Crippen LogP contribution is -2.20. The molecule has 2 aliphatic carbocycles. The molecule has 0 aromatic carbocycles. The Kier molecular flexibility index (Phi) is 3.01. The summed E-state index contributed by atoms with van der Waals surface area (Å²) in [4.78, 5) is 11.3. The summed E-state index contributed by atoms with van der Waals surface area (Å²) in [6.45, 7) is 5.89. The Morgan fingerprint density at radius 1 is 1.00 bits per heavy atom. The molecule has 1 heteroatoms. The molecule has 2 rings (SSSR count). The van der Waals surface area contributed by atoms with E-state index in [1.165, 1.54) is 16.7 Å². The smallest absolute Gasteiger partial charge is 0.130 e. The van der Waals surface area contributed by atoms with Gasteiger partial charge in [-0.25, -0.2) is 0 Å². The van der Waals surface area contributed by atoms with Crippen LogP contribution < -0.4 is 0 Å². The Balaban J connectivity index is 2.42. The molecule has 17 heavy (non-hydrogen) atoms. The monoisotopic (exact) mass is 226 g/mol. The Morgan fingerprint density at radius 2 is 1.53 bits per heavy atom. The molecule has 0 unspecified atom stereocenters. The highest BCUT2D eigenvalue weighted by Crippen LogP contribution is 2.29. The lowest BCUT2D eigenvalue weighted by atomic mass is 9.81. The van der Waals surface area contributed by atoms with Crippen molar-refractivity contribution in [3.63, 3.8) is 0 Å². The quantitative estimate of drug-likeness (QED) is 0.771. The van der Waals surface area contributed by atoms with Crippen LogP contribution in [0.5, 0.6) is 0 Å². The van der Waals surface area contributed by atoms with Crippen LogP contribution in [0.15, 0.2) is 42.5 Å². The minimum atomic E-state index is -0.0949. The minimum Gasteiger partial charge on any atom is -0.300 e. The highest BCUT2D eigenvalue weighted by atomic mass is 16.1. The predicted octanol–water partition coefficient (Wildman–Crippen LogP) is 4.05. The first-order valence-corrected chi connectivity index (χ1v) is 5.98. The second-order valence-electron chi connectivity index (χ2n) is 5.32. The van der Waals surface area contributed by atoms with Gasteiger partial charge in [0.25, 0.3) is 0 Å². The van der Waals surface area contributed by atoms with E-state index in [1.54, 1.807) is 6.92 Å². The van der Waals surface area contributed by atoms with Crippen LogP contribution in [-0.2, 0) is 10.2 Å². The molecular formula is C16H18O. The molecule has 0 aromatic rings. The molecule has 0 heterocycles. The zero-order valence-corrected chi connectivity index (χ0v) is 10.7. The summed E-state index contributed by atoms with van der Waals surface area (Å²) < 4.78 is 0. The van der Waals surface area contributed by atoms with Gasteiger partial charge in [-0.1, -0.05) is 56.3 Å². The number of fused-ring (bicyclic) bond motifs is 1. The second-order valence-corrected chi connectivity index (χ2v) is 5.32. The fourth-order valence-corrected chi connectivity index (χ4v) is 2.34. The first-order chi connectivity index (χ1) is 7.99. The number of hydrogen-bond acceptors (Lipinski definition) is 1. The molecule has 88 valence electrons. The normalized spacial score (nSPS) is 11.7. The van der Waals surface area contributed by atoms with E-state index >= 15 is 0 Å². The molecule has 2 aliphatic rings. The molecule has 0 aliphatic heterocycles. The van der Waals surface area contributed by atoms with Crippen molar-refractivity contribution in [2.75, 3.05) is 0 Å². The molecule has 0 atom stereocenters. The summed E-state index contributed by atoms with van der Waals surface area (Å²) in [5, 5.41) is 0. The lowest BCUT2D eigenvalue weighted by molar-refractivity contribution is -0.118. The average molecular weight is 226 g/mol. The molecule has 0 radical (unpaired) electrons. The van der Waals surface area contributed by atoms with Gasteiger partial charge in [-0.3, -0.25) is 4.79 Å². The van der Waals surface area contributed by atoms with E-state index in [4.69, 9.17) is 0 Å². The molecule has 0 spiro atoms. The minimum absolute atomic E-state index is 0.0949. The maximum absolute atomic E-state index is 11.3. The summed E-state index contributed by atoms with van der Waals surface area (Å²) >= 11 is 0. The van der Waals surface area contributed by atoms with Crippen molar-refractivity contribution in [3.05, 3.63) is 48.0 Å². The van der Waals surface area contributed by atoms with E-state index in [9.17, 15) is 4.79 Å². The predicted molar refractivity (Wildman–Crippen MR) is 71.4 cm³/mol. The molecule has 1 nitrogen and oxygen atoms in total. The van der Waals surface area contributed by atoms with Crippen LogP contribution in [0.1, 0.15) is 32.8 Å². The highest BCUT2D eigenvalue weighted by molar-refractivity contribution is 5.77. The van der Waals surface area contributed by atoms with Gasteiger partial charge in [0.1, 0.15) is 5.78 Å². The molecule has 0 saturated heterocycles. The molecule has 0 N–H and O–H groups in total. The van der Waals surface area contributed by atoms with E-state index in [0.717, 1.165) is 0 Å². The Bertz CT molecular complexity index is 480. The summed E-state index contributed by atoms with van der Waals surface area (Å²) in [7, 11) is 0. The molecule has 0 bridgehead atoms. The van der Waals surface area contributed by atoms with Crippen LogP contribution in [0.25, 0.3) is 11.1 Å². The van der Waals surface area contributed by atoms with Crippen LogP contribution >= 0.6 is 0 Å². The van der Waals surface area contributed by atoms with E-state index < -0.39 is 0 Å². The fraction of sp³-hybridized carbons (Fsp3) is 0.312. The first kappa shape index (κ1) is 11.8. The highest BCUT2D eigenvalue weighted by Gasteiger charge is 2.22. The van der Waals surface area contributed by atoms with Gasteiger partial charge >= 0.3 is 0 Å². The van der Waals surface area contributed by atoms with Crippen molar-refractivity contribution in [1.29, 1.82) is 0 Å². The SMILES string of the molecule is CC(=O)CC(C)(C)c1ccc2cccc-2cc1. The van der Waals surface area contributed by atoms with Crippen LogP contribution in [0.4, 0.5) is 0 Å². The number of Topliss-reactive ketones (excluding diaryl/α,β-unsaturated/α-hetero) is 1. The Labute approximate surface area is 103 Å². The van der Waals surface area contributed by atoms with Crippen molar-refractivity contribution >= 4 is 5.78 Å². The van der Waals surface area contributed by atoms with Crippen molar-refractivity contribution in [3.8, 4) is 11.1 Å². The van der Waals surface area contributed by atoms with Gasteiger partial charge in [0.15, 0.2) is 0 Å². The van der Waals surface area contributed by atoms with Crippen molar-refractivity contribution < 1.29 is 4.79 Å². The van der Waals surface area contributed by atoms with Gasteiger partial charge in [-0.2, -0.15) is 0 Å². The largest absolute Gasteiger partial charge is 0.300 e. The Morgan fingerprint density at radius 3 is 2.00 bits per heavy atom. The van der Waals surface area contributed by atoms with E-state index in [-0.39, 0.29) is 11.2 Å². The lowest BCUT2D eigenvalue weighted by Gasteiger charge is -2.22. The number of hydrogen-bond donors (Lipinski definition) is 0. The molecular weight excluding hydrogens is 208 g/mol. The number of ketones is 1. The third-order valence-corrected chi connectivity index (χ3v) is 3.24. The van der Waals surface area contributed by atoms with Crippen LogP contribution in [0.3, 0.4) is 0 Å². The summed E-state index contributed by atoms with van der Waals surface area (Å²) in [5.74, 6) is 0.237. The van der Waals surface area contributed by atoms with Gasteiger partial charge in [0.05, 0.1) is 0 Å². The maximum Gasteiger partial charge on any atom is 0.130 e. The standard InChI is InChI=1S/C16H18O/c1-12(17)11-16(2,3)15-9-7-13-5-4-6-14(13)8-10-15/h4-10H,11H2,1-3H3. The number of carbonyl (C=O) groups is 1. The average Bonchev–Trinajstić information content (AvgIpc) is 2.54. The van der Waals surface area contributed by atoms with Crippen LogP contribution in [-0.4, -0.2) is 5.78 Å². The summed E-state index contributed by atoms with van der Waals surface area (Å²) in [6, 6.07) is 14.8. The molecule has 0 aromatic heterocycles. The van der Waals surface area contributed by atoms with Gasteiger partial charge < -0.3 is 0 Å². The van der Waals surface area contributed by atoms with Crippen LogP contribution in [0, 0.1) is 0 Å². The van der Waals surface area contributed by atoms with Crippen molar-refractivity contribution in [2.45, 2.75) is 32.6 Å². The Hall–Kier alpha value is -1.63. The van der Waals surface area contributed by atoms with Gasteiger partial charge in [-0.15, -0.1) is 0 Å². The third-order valence-electron chi connectivity index (χ3n) is 3.24. The molecule has 0 fully saturated rings. The zero-order valence-electron chi connectivity index (χ0n) is 10.7. The molecule has 0 amide bonds. The van der Waals surface area contributed by atoms with Crippen molar-refractivity contribution in [1.82, 2.24) is 0 Å². The number of carbonyl (C=O) groups excluding carboxylic acids is 1.